The predicted molar refractivity (Wildman–Crippen MR) is 71.8 cm³/mol. The number of nitrogens with two attached hydrogens (primary N) is 1. The van der Waals surface area contributed by atoms with Crippen LogP contribution < -0.4 is 11.3 Å². The molecule has 0 bridgehead atoms. The second-order valence-electron chi connectivity index (χ2n) is 4.32. The maximum Gasteiger partial charge on any atom is 0.0818 e. The van der Waals surface area contributed by atoms with E-state index in [9.17, 15) is 0 Å². The molecule has 2 rings (SSSR count). The Morgan fingerprint density at radius 1 is 1.18 bits per heavy atom. The summed E-state index contributed by atoms with van der Waals surface area (Å²) < 4.78 is 0. The van der Waals surface area contributed by atoms with Crippen molar-refractivity contribution in [3.63, 3.8) is 0 Å². The lowest BCUT2D eigenvalue weighted by Gasteiger charge is -2.15. The van der Waals surface area contributed by atoms with Crippen LogP contribution in [0, 0.1) is 0 Å². The molecule has 0 amide bonds. The summed E-state index contributed by atoms with van der Waals surface area (Å²) in [7, 11) is 0. The number of hydrogen-bond donors (Lipinski definition) is 2. The molecular weight excluding hydrogens is 230 g/mol. The zero-order chi connectivity index (χ0) is 12.3. The Balaban J connectivity index is 2.26. The molecule has 3 N–H and O–H groups in total. The lowest BCUT2D eigenvalue weighted by atomic mass is 9.99. The van der Waals surface area contributed by atoms with Gasteiger partial charge in [0.25, 0.3) is 0 Å². The van der Waals surface area contributed by atoms with Gasteiger partial charge in [-0.05, 0) is 17.0 Å². The number of hydrazine groups is 1. The number of aromatic nitrogens is 1. The molecule has 0 saturated heterocycles. The van der Waals surface area contributed by atoms with Crippen molar-refractivity contribution in [2.24, 2.45) is 5.84 Å². The molecule has 0 aliphatic heterocycles. The molecule has 17 heavy (non-hydrogen) atoms. The van der Waals surface area contributed by atoms with Gasteiger partial charge in [0, 0.05) is 11.1 Å². The average Bonchev–Trinajstić information content (AvgIpc) is 2.84. The summed E-state index contributed by atoms with van der Waals surface area (Å²) in [6.45, 7) is 4.38. The topological polar surface area (TPSA) is 50.9 Å². The summed E-state index contributed by atoms with van der Waals surface area (Å²) in [6, 6.07) is 8.60. The van der Waals surface area contributed by atoms with Gasteiger partial charge in [-0.15, -0.1) is 11.3 Å². The van der Waals surface area contributed by atoms with Crippen LogP contribution in [-0.2, 0) is 0 Å². The second kappa shape index (κ2) is 5.40. The standard InChI is InChI=1S/C13H17N3S/c1-9(2)10-3-5-11(6-4-10)13(16-14)12-7-15-8-17-12/h3-9,13,16H,14H2,1-2H3. The van der Waals surface area contributed by atoms with Crippen molar-refractivity contribution in [1.82, 2.24) is 10.4 Å². The van der Waals surface area contributed by atoms with Gasteiger partial charge in [0.05, 0.1) is 11.6 Å². The highest BCUT2D eigenvalue weighted by atomic mass is 32.1. The molecule has 1 aromatic carbocycles. The van der Waals surface area contributed by atoms with Gasteiger partial charge in [0.15, 0.2) is 0 Å². The lowest BCUT2D eigenvalue weighted by molar-refractivity contribution is 0.645. The third-order valence-electron chi connectivity index (χ3n) is 2.84. The van der Waals surface area contributed by atoms with E-state index in [2.05, 4.69) is 48.5 Å². The minimum absolute atomic E-state index is 0.0312. The SMILES string of the molecule is CC(C)c1ccc(C(NN)c2cncs2)cc1. The van der Waals surface area contributed by atoms with Crippen molar-refractivity contribution in [2.45, 2.75) is 25.8 Å². The Morgan fingerprint density at radius 2 is 1.82 bits per heavy atom. The monoisotopic (exact) mass is 247 g/mol. The van der Waals surface area contributed by atoms with Gasteiger partial charge < -0.3 is 0 Å². The first-order chi connectivity index (χ1) is 8.22. The minimum atomic E-state index is 0.0312. The highest BCUT2D eigenvalue weighted by molar-refractivity contribution is 7.09. The van der Waals surface area contributed by atoms with Crippen molar-refractivity contribution in [3.8, 4) is 0 Å². The fourth-order valence-electron chi connectivity index (χ4n) is 1.78. The first-order valence-corrected chi connectivity index (χ1v) is 6.54. The molecule has 0 saturated carbocycles. The molecular formula is C13H17N3S. The highest BCUT2D eigenvalue weighted by Gasteiger charge is 2.13. The fourth-order valence-corrected chi connectivity index (χ4v) is 2.49. The first-order valence-electron chi connectivity index (χ1n) is 5.66. The van der Waals surface area contributed by atoms with Crippen LogP contribution in [0.3, 0.4) is 0 Å². The van der Waals surface area contributed by atoms with E-state index in [1.165, 1.54) is 11.1 Å². The Bertz CT molecular complexity index is 448. The van der Waals surface area contributed by atoms with Crippen LogP contribution in [0.1, 0.15) is 41.8 Å². The van der Waals surface area contributed by atoms with Crippen LogP contribution in [0.15, 0.2) is 36.0 Å². The van der Waals surface area contributed by atoms with Gasteiger partial charge in [-0.2, -0.15) is 0 Å². The number of hydrogen-bond acceptors (Lipinski definition) is 4. The van der Waals surface area contributed by atoms with Crippen LogP contribution in [0.25, 0.3) is 0 Å². The number of benzene rings is 1. The third-order valence-corrected chi connectivity index (χ3v) is 3.68. The molecule has 1 aromatic heterocycles. The van der Waals surface area contributed by atoms with Gasteiger partial charge in [0.1, 0.15) is 0 Å². The summed E-state index contributed by atoms with van der Waals surface area (Å²) in [5.74, 6) is 6.18. The third kappa shape index (κ3) is 2.72. The zero-order valence-electron chi connectivity index (χ0n) is 10.1. The van der Waals surface area contributed by atoms with Crippen molar-refractivity contribution < 1.29 is 0 Å². The summed E-state index contributed by atoms with van der Waals surface area (Å²) >= 11 is 1.61. The average molecular weight is 247 g/mol. The van der Waals surface area contributed by atoms with E-state index in [1.807, 2.05) is 11.7 Å². The van der Waals surface area contributed by atoms with E-state index in [4.69, 9.17) is 5.84 Å². The molecule has 2 aromatic rings. The maximum atomic E-state index is 5.62. The molecule has 0 aliphatic rings. The summed E-state index contributed by atoms with van der Waals surface area (Å²) in [5, 5.41) is 0. The molecule has 3 nitrogen and oxygen atoms in total. The van der Waals surface area contributed by atoms with Crippen LogP contribution >= 0.6 is 11.3 Å². The van der Waals surface area contributed by atoms with Crippen molar-refractivity contribution in [2.75, 3.05) is 0 Å². The van der Waals surface area contributed by atoms with Gasteiger partial charge >= 0.3 is 0 Å². The molecule has 90 valence electrons. The molecule has 1 heterocycles. The van der Waals surface area contributed by atoms with E-state index in [0.29, 0.717) is 5.92 Å². The Kier molecular flexibility index (Phi) is 3.89. The molecule has 0 aliphatic carbocycles. The summed E-state index contributed by atoms with van der Waals surface area (Å²) in [6.07, 6.45) is 1.85. The number of thiazole rings is 1. The van der Waals surface area contributed by atoms with Gasteiger partial charge in [-0.1, -0.05) is 38.1 Å². The first kappa shape index (κ1) is 12.2. The number of nitrogens with zero attached hydrogens (tertiary/aromatic N) is 1. The van der Waals surface area contributed by atoms with Gasteiger partial charge in [-0.3, -0.25) is 10.8 Å². The Morgan fingerprint density at radius 3 is 2.29 bits per heavy atom. The molecule has 1 unspecified atom stereocenters. The van der Waals surface area contributed by atoms with E-state index >= 15 is 0 Å². The van der Waals surface area contributed by atoms with Gasteiger partial charge in [0.2, 0.25) is 0 Å². The molecule has 0 fully saturated rings. The van der Waals surface area contributed by atoms with Crippen LogP contribution in [0.5, 0.6) is 0 Å². The smallest absolute Gasteiger partial charge is 0.0818 e. The summed E-state index contributed by atoms with van der Waals surface area (Å²) in [4.78, 5) is 5.21. The molecule has 4 heteroatoms. The Hall–Kier alpha value is -1.23. The largest absolute Gasteiger partial charge is 0.271 e. The van der Waals surface area contributed by atoms with Crippen molar-refractivity contribution >= 4 is 11.3 Å². The zero-order valence-corrected chi connectivity index (χ0v) is 10.9. The molecule has 0 spiro atoms. The van der Waals surface area contributed by atoms with E-state index in [-0.39, 0.29) is 6.04 Å². The molecule has 0 radical (unpaired) electrons. The van der Waals surface area contributed by atoms with Crippen LogP contribution in [-0.4, -0.2) is 4.98 Å². The highest BCUT2D eigenvalue weighted by Crippen LogP contribution is 2.25. The van der Waals surface area contributed by atoms with E-state index in [0.717, 1.165) is 4.88 Å². The van der Waals surface area contributed by atoms with Gasteiger partial charge in [-0.25, -0.2) is 5.43 Å². The van der Waals surface area contributed by atoms with Crippen LogP contribution in [0.2, 0.25) is 0 Å². The fraction of sp³-hybridized carbons (Fsp3) is 0.308. The lowest BCUT2D eigenvalue weighted by Crippen LogP contribution is -2.28. The quantitative estimate of drug-likeness (QED) is 0.645. The van der Waals surface area contributed by atoms with E-state index < -0.39 is 0 Å². The van der Waals surface area contributed by atoms with Crippen molar-refractivity contribution in [1.29, 1.82) is 0 Å². The predicted octanol–water partition coefficient (Wildman–Crippen LogP) is 2.82. The maximum absolute atomic E-state index is 5.62. The van der Waals surface area contributed by atoms with E-state index in [1.54, 1.807) is 11.3 Å². The molecule has 1 atom stereocenters. The van der Waals surface area contributed by atoms with Crippen LogP contribution in [0.4, 0.5) is 0 Å². The van der Waals surface area contributed by atoms with Crippen molar-refractivity contribution in [3.05, 3.63) is 52.0 Å². The Labute approximate surface area is 106 Å². The second-order valence-corrected chi connectivity index (χ2v) is 5.24. The number of nitrogens with one attached hydrogen (secondary N) is 1. The number of rotatable bonds is 4. The minimum Gasteiger partial charge on any atom is -0.271 e. The summed E-state index contributed by atoms with van der Waals surface area (Å²) in [5.41, 5.74) is 7.17. The normalized spacial score (nSPS) is 12.9.